The molecule has 0 aliphatic carbocycles. The molecule has 1 N–H and O–H groups in total. The van der Waals surface area contributed by atoms with Crippen LogP contribution in [-0.4, -0.2) is 19.1 Å². The lowest BCUT2D eigenvalue weighted by molar-refractivity contribution is 0.0607. The lowest BCUT2D eigenvalue weighted by atomic mass is 10.3. The maximum atomic E-state index is 11.4. The first-order chi connectivity index (χ1) is 6.54. The molecule has 0 aliphatic rings. The Labute approximate surface area is 88.1 Å². The van der Waals surface area contributed by atoms with E-state index in [0.717, 1.165) is 10.6 Å². The molecule has 0 spiro atoms. The lowest BCUT2D eigenvalue weighted by Gasteiger charge is -2.09. The van der Waals surface area contributed by atoms with E-state index >= 15 is 0 Å². The Kier molecular flexibility index (Phi) is 3.52. The predicted molar refractivity (Wildman–Crippen MR) is 59.2 cm³/mol. The van der Waals surface area contributed by atoms with Crippen LogP contribution < -0.4 is 5.32 Å². The second-order valence-electron chi connectivity index (χ2n) is 3.39. The molecule has 3 nitrogen and oxygen atoms in total. The van der Waals surface area contributed by atoms with Gasteiger partial charge in [0.2, 0.25) is 0 Å². The number of nitrogens with one attached hydrogen (secondary N) is 1. The van der Waals surface area contributed by atoms with E-state index in [1.807, 2.05) is 26.8 Å². The first-order valence-electron chi connectivity index (χ1n) is 4.50. The van der Waals surface area contributed by atoms with Gasteiger partial charge >= 0.3 is 5.97 Å². The van der Waals surface area contributed by atoms with Gasteiger partial charge in [-0.25, -0.2) is 4.79 Å². The van der Waals surface area contributed by atoms with Gasteiger partial charge in [0, 0.05) is 10.9 Å². The summed E-state index contributed by atoms with van der Waals surface area (Å²) in [5, 5.41) is 3.22. The van der Waals surface area contributed by atoms with Gasteiger partial charge in [-0.15, -0.1) is 11.3 Å². The van der Waals surface area contributed by atoms with Gasteiger partial charge in [0.25, 0.3) is 0 Å². The number of hydrogen-bond acceptors (Lipinski definition) is 4. The Hall–Kier alpha value is -1.03. The zero-order chi connectivity index (χ0) is 10.7. The second kappa shape index (κ2) is 4.46. The zero-order valence-electron chi connectivity index (χ0n) is 8.88. The van der Waals surface area contributed by atoms with Crippen molar-refractivity contribution >= 4 is 23.0 Å². The highest BCUT2D eigenvalue weighted by Gasteiger charge is 2.15. The summed E-state index contributed by atoms with van der Waals surface area (Å²) in [6, 6.07) is 2.28. The molecule has 0 unspecified atom stereocenters. The number of thiophene rings is 1. The number of hydrogen-bond donors (Lipinski definition) is 1. The fourth-order valence-electron chi connectivity index (χ4n) is 1.18. The Morgan fingerprint density at radius 1 is 1.57 bits per heavy atom. The first kappa shape index (κ1) is 11.0. The molecule has 0 bridgehead atoms. The minimum absolute atomic E-state index is 0.272. The van der Waals surface area contributed by atoms with Crippen molar-refractivity contribution in [3.63, 3.8) is 0 Å². The number of aryl methyl sites for hydroxylation is 1. The summed E-state index contributed by atoms with van der Waals surface area (Å²) >= 11 is 1.45. The van der Waals surface area contributed by atoms with Crippen molar-refractivity contribution in [2.75, 3.05) is 12.4 Å². The standard InChI is InChI=1S/C10H15NO2S/c1-6(2)11-8-5-7(3)14-9(8)10(12)13-4/h5-6,11H,1-4H3. The zero-order valence-corrected chi connectivity index (χ0v) is 9.70. The minimum atomic E-state index is -0.272. The molecule has 4 heteroatoms. The number of esters is 1. The SMILES string of the molecule is COC(=O)c1sc(C)cc1NC(C)C. The maximum Gasteiger partial charge on any atom is 0.350 e. The number of ether oxygens (including phenoxy) is 1. The van der Waals surface area contributed by atoms with Gasteiger partial charge in [0.15, 0.2) is 0 Å². The average Bonchev–Trinajstić information content (AvgIpc) is 2.44. The molecule has 78 valence electrons. The van der Waals surface area contributed by atoms with E-state index in [0.29, 0.717) is 10.9 Å². The molecule has 0 saturated carbocycles. The third kappa shape index (κ3) is 2.48. The molecule has 0 radical (unpaired) electrons. The Bertz CT molecular complexity index is 331. The number of methoxy groups -OCH3 is 1. The van der Waals surface area contributed by atoms with Crippen molar-refractivity contribution < 1.29 is 9.53 Å². The van der Waals surface area contributed by atoms with Crippen LogP contribution in [0, 0.1) is 6.92 Å². The summed E-state index contributed by atoms with van der Waals surface area (Å²) in [6.45, 7) is 6.05. The van der Waals surface area contributed by atoms with E-state index in [4.69, 9.17) is 4.74 Å². The number of carbonyl (C=O) groups excluding carboxylic acids is 1. The van der Waals surface area contributed by atoms with E-state index in [1.54, 1.807) is 0 Å². The topological polar surface area (TPSA) is 38.3 Å². The van der Waals surface area contributed by atoms with Crippen LogP contribution in [0.1, 0.15) is 28.4 Å². The molecule has 0 saturated heterocycles. The Morgan fingerprint density at radius 3 is 2.71 bits per heavy atom. The normalized spacial score (nSPS) is 10.4. The van der Waals surface area contributed by atoms with Gasteiger partial charge in [-0.05, 0) is 26.8 Å². The van der Waals surface area contributed by atoms with Gasteiger partial charge < -0.3 is 10.1 Å². The molecule has 0 amide bonds. The quantitative estimate of drug-likeness (QED) is 0.784. The lowest BCUT2D eigenvalue weighted by Crippen LogP contribution is -2.12. The smallest absolute Gasteiger partial charge is 0.350 e. The summed E-state index contributed by atoms with van der Waals surface area (Å²) in [5.41, 5.74) is 0.870. The van der Waals surface area contributed by atoms with Crippen molar-refractivity contribution in [2.45, 2.75) is 26.8 Å². The monoisotopic (exact) mass is 213 g/mol. The van der Waals surface area contributed by atoms with Crippen LogP contribution in [0.4, 0.5) is 5.69 Å². The van der Waals surface area contributed by atoms with Gasteiger partial charge in [0.05, 0.1) is 12.8 Å². The summed E-state index contributed by atoms with van der Waals surface area (Å²) in [7, 11) is 1.40. The van der Waals surface area contributed by atoms with Crippen LogP contribution in [0.5, 0.6) is 0 Å². The highest BCUT2D eigenvalue weighted by Crippen LogP contribution is 2.27. The highest BCUT2D eigenvalue weighted by molar-refractivity contribution is 7.14. The number of anilines is 1. The maximum absolute atomic E-state index is 11.4. The molecule has 0 aromatic carbocycles. The molecular formula is C10H15NO2S. The fourth-order valence-corrected chi connectivity index (χ4v) is 2.07. The van der Waals surface area contributed by atoms with E-state index in [-0.39, 0.29) is 5.97 Å². The fraction of sp³-hybridized carbons (Fsp3) is 0.500. The predicted octanol–water partition coefficient (Wildman–Crippen LogP) is 2.66. The van der Waals surface area contributed by atoms with Gasteiger partial charge in [-0.3, -0.25) is 0 Å². The van der Waals surface area contributed by atoms with Crippen molar-refractivity contribution in [3.8, 4) is 0 Å². The van der Waals surface area contributed by atoms with Crippen LogP contribution in [0.25, 0.3) is 0 Å². The van der Waals surface area contributed by atoms with Crippen LogP contribution in [0.2, 0.25) is 0 Å². The van der Waals surface area contributed by atoms with Crippen LogP contribution in [0.15, 0.2) is 6.07 Å². The molecule has 1 heterocycles. The van der Waals surface area contributed by atoms with Crippen LogP contribution in [-0.2, 0) is 4.74 Å². The number of rotatable bonds is 3. The molecule has 0 fully saturated rings. The third-order valence-electron chi connectivity index (χ3n) is 1.67. The second-order valence-corrected chi connectivity index (χ2v) is 4.65. The van der Waals surface area contributed by atoms with Crippen molar-refractivity contribution in [1.29, 1.82) is 0 Å². The average molecular weight is 213 g/mol. The van der Waals surface area contributed by atoms with Crippen molar-refractivity contribution in [3.05, 3.63) is 15.8 Å². The molecule has 1 aromatic heterocycles. The van der Waals surface area contributed by atoms with Crippen molar-refractivity contribution in [1.82, 2.24) is 0 Å². The summed E-state index contributed by atoms with van der Waals surface area (Å²) in [6.07, 6.45) is 0. The molecule has 1 aromatic rings. The van der Waals surface area contributed by atoms with Crippen LogP contribution >= 0.6 is 11.3 Å². The van der Waals surface area contributed by atoms with Gasteiger partial charge in [0.1, 0.15) is 4.88 Å². The summed E-state index contributed by atoms with van der Waals surface area (Å²) < 4.78 is 4.70. The Balaban J connectivity index is 2.96. The van der Waals surface area contributed by atoms with Gasteiger partial charge in [-0.1, -0.05) is 0 Å². The van der Waals surface area contributed by atoms with E-state index in [2.05, 4.69) is 5.32 Å². The minimum Gasteiger partial charge on any atom is -0.465 e. The molecular weight excluding hydrogens is 198 g/mol. The van der Waals surface area contributed by atoms with E-state index in [9.17, 15) is 4.79 Å². The van der Waals surface area contributed by atoms with Gasteiger partial charge in [-0.2, -0.15) is 0 Å². The summed E-state index contributed by atoms with van der Waals surface area (Å²) in [4.78, 5) is 13.1. The summed E-state index contributed by atoms with van der Waals surface area (Å²) in [5.74, 6) is -0.272. The van der Waals surface area contributed by atoms with E-state index in [1.165, 1.54) is 18.4 Å². The third-order valence-corrected chi connectivity index (χ3v) is 2.70. The first-order valence-corrected chi connectivity index (χ1v) is 5.31. The largest absolute Gasteiger partial charge is 0.465 e. The molecule has 0 aliphatic heterocycles. The van der Waals surface area contributed by atoms with Crippen molar-refractivity contribution in [2.24, 2.45) is 0 Å². The number of carbonyl (C=O) groups is 1. The van der Waals surface area contributed by atoms with E-state index < -0.39 is 0 Å². The molecule has 14 heavy (non-hydrogen) atoms. The Morgan fingerprint density at radius 2 is 2.21 bits per heavy atom. The van der Waals surface area contributed by atoms with Crippen LogP contribution in [0.3, 0.4) is 0 Å². The molecule has 0 atom stereocenters. The molecule has 1 rings (SSSR count). The highest BCUT2D eigenvalue weighted by atomic mass is 32.1.